The van der Waals surface area contributed by atoms with Crippen molar-refractivity contribution in [2.24, 2.45) is 5.73 Å². The molecule has 0 heterocycles. The molecule has 1 aromatic rings. The molecule has 1 aromatic carbocycles. The lowest BCUT2D eigenvalue weighted by atomic mass is 9.94. The van der Waals surface area contributed by atoms with Gasteiger partial charge >= 0.3 is 0 Å². The van der Waals surface area contributed by atoms with Crippen LogP contribution in [0.4, 0.5) is 0 Å². The van der Waals surface area contributed by atoms with Gasteiger partial charge in [0.2, 0.25) is 5.91 Å². The van der Waals surface area contributed by atoms with Gasteiger partial charge in [-0.1, -0.05) is 36.6 Å². The summed E-state index contributed by atoms with van der Waals surface area (Å²) >= 11 is 5.92. The molecule has 21 heavy (non-hydrogen) atoms. The molecular weight excluding hydrogens is 284 g/mol. The Morgan fingerprint density at radius 2 is 1.86 bits per heavy atom. The Morgan fingerprint density at radius 1 is 1.24 bits per heavy atom. The number of benzene rings is 1. The van der Waals surface area contributed by atoms with Crippen molar-refractivity contribution in [1.82, 2.24) is 4.90 Å². The third-order valence-corrected chi connectivity index (χ3v) is 4.93. The molecule has 2 fully saturated rings. The zero-order valence-electron chi connectivity index (χ0n) is 12.4. The van der Waals surface area contributed by atoms with Crippen LogP contribution in [-0.2, 0) is 11.3 Å². The van der Waals surface area contributed by atoms with Crippen molar-refractivity contribution < 1.29 is 4.79 Å². The van der Waals surface area contributed by atoms with Crippen LogP contribution in [0, 0.1) is 0 Å². The van der Waals surface area contributed by atoms with Gasteiger partial charge in [-0.15, -0.1) is 0 Å². The SMILES string of the molecule is NC1(CC(=O)N(Cc2ccc(Cl)cc2)C2CC2)CCCC1. The molecule has 0 saturated heterocycles. The number of amides is 1. The zero-order chi connectivity index (χ0) is 14.9. The van der Waals surface area contributed by atoms with Crippen molar-refractivity contribution >= 4 is 17.5 Å². The fourth-order valence-corrected chi connectivity index (χ4v) is 3.38. The number of rotatable bonds is 5. The van der Waals surface area contributed by atoms with E-state index in [2.05, 4.69) is 0 Å². The number of carbonyl (C=O) groups is 1. The number of nitrogens with two attached hydrogens (primary N) is 1. The third-order valence-electron chi connectivity index (χ3n) is 4.68. The lowest BCUT2D eigenvalue weighted by molar-refractivity contribution is -0.133. The first kappa shape index (κ1) is 14.9. The van der Waals surface area contributed by atoms with Gasteiger partial charge in [0.05, 0.1) is 0 Å². The van der Waals surface area contributed by atoms with Gasteiger partial charge in [0, 0.05) is 29.6 Å². The minimum Gasteiger partial charge on any atom is -0.335 e. The highest BCUT2D eigenvalue weighted by Gasteiger charge is 2.37. The molecular formula is C17H23ClN2O. The second-order valence-corrected chi connectivity index (χ2v) is 7.06. The van der Waals surface area contributed by atoms with Crippen molar-refractivity contribution in [3.05, 3.63) is 34.9 Å². The van der Waals surface area contributed by atoms with E-state index in [9.17, 15) is 4.79 Å². The predicted octanol–water partition coefficient (Wildman–Crippen LogP) is 3.49. The van der Waals surface area contributed by atoms with Crippen LogP contribution in [0.1, 0.15) is 50.5 Å². The standard InChI is InChI=1S/C17H23ClN2O/c18-14-5-3-13(4-6-14)12-20(15-7-8-15)16(21)11-17(19)9-1-2-10-17/h3-6,15H,1-2,7-12,19H2. The first-order valence-electron chi connectivity index (χ1n) is 7.89. The molecule has 2 aliphatic carbocycles. The molecule has 0 bridgehead atoms. The van der Waals surface area contributed by atoms with Crippen LogP contribution in [0.25, 0.3) is 0 Å². The molecule has 3 nitrogen and oxygen atoms in total. The first-order valence-corrected chi connectivity index (χ1v) is 8.26. The van der Waals surface area contributed by atoms with Gasteiger partial charge in [-0.2, -0.15) is 0 Å². The van der Waals surface area contributed by atoms with E-state index < -0.39 is 0 Å². The summed E-state index contributed by atoms with van der Waals surface area (Å²) in [6.45, 7) is 0.677. The van der Waals surface area contributed by atoms with Crippen LogP contribution in [0.5, 0.6) is 0 Å². The molecule has 0 unspecified atom stereocenters. The minimum absolute atomic E-state index is 0.219. The van der Waals surface area contributed by atoms with Gasteiger partial charge in [-0.25, -0.2) is 0 Å². The van der Waals surface area contributed by atoms with Crippen LogP contribution in [-0.4, -0.2) is 22.4 Å². The maximum Gasteiger partial charge on any atom is 0.224 e. The summed E-state index contributed by atoms with van der Waals surface area (Å²) in [7, 11) is 0. The highest BCUT2D eigenvalue weighted by Crippen LogP contribution is 2.34. The van der Waals surface area contributed by atoms with E-state index in [0.717, 1.165) is 49.1 Å². The van der Waals surface area contributed by atoms with E-state index in [4.69, 9.17) is 17.3 Å². The number of nitrogens with zero attached hydrogens (tertiary/aromatic N) is 1. The van der Waals surface area contributed by atoms with Crippen molar-refractivity contribution in [1.29, 1.82) is 0 Å². The van der Waals surface area contributed by atoms with Crippen molar-refractivity contribution in [2.75, 3.05) is 0 Å². The Balaban J connectivity index is 1.66. The van der Waals surface area contributed by atoms with Gasteiger partial charge in [0.1, 0.15) is 0 Å². The Hall–Kier alpha value is -1.06. The molecule has 0 aliphatic heterocycles. The normalized spacial score (nSPS) is 20.5. The molecule has 2 aliphatic rings. The zero-order valence-corrected chi connectivity index (χ0v) is 13.1. The topological polar surface area (TPSA) is 46.3 Å². The highest BCUT2D eigenvalue weighted by molar-refractivity contribution is 6.30. The quantitative estimate of drug-likeness (QED) is 0.905. The predicted molar refractivity (Wildman–Crippen MR) is 85.0 cm³/mol. The first-order chi connectivity index (χ1) is 10.1. The lowest BCUT2D eigenvalue weighted by Crippen LogP contribution is -2.44. The van der Waals surface area contributed by atoms with Crippen LogP contribution < -0.4 is 5.73 Å². The smallest absolute Gasteiger partial charge is 0.224 e. The lowest BCUT2D eigenvalue weighted by Gasteiger charge is -2.29. The largest absolute Gasteiger partial charge is 0.335 e. The second kappa shape index (κ2) is 5.98. The van der Waals surface area contributed by atoms with E-state index in [-0.39, 0.29) is 11.4 Å². The number of hydrogen-bond donors (Lipinski definition) is 1. The Labute approximate surface area is 131 Å². The van der Waals surface area contributed by atoms with Crippen LogP contribution >= 0.6 is 11.6 Å². The van der Waals surface area contributed by atoms with Crippen LogP contribution in [0.3, 0.4) is 0 Å². The third kappa shape index (κ3) is 3.78. The maximum absolute atomic E-state index is 12.7. The van der Waals surface area contributed by atoms with E-state index in [1.54, 1.807) is 0 Å². The Kier molecular flexibility index (Phi) is 4.23. The summed E-state index contributed by atoms with van der Waals surface area (Å²) in [6.07, 6.45) is 7.02. The minimum atomic E-state index is -0.260. The molecule has 2 saturated carbocycles. The van der Waals surface area contributed by atoms with Crippen LogP contribution in [0.15, 0.2) is 24.3 Å². The summed E-state index contributed by atoms with van der Waals surface area (Å²) in [5.41, 5.74) is 7.24. The molecule has 2 N–H and O–H groups in total. The summed E-state index contributed by atoms with van der Waals surface area (Å²) < 4.78 is 0. The Morgan fingerprint density at radius 3 is 2.43 bits per heavy atom. The van der Waals surface area contributed by atoms with Gasteiger partial charge < -0.3 is 10.6 Å². The van der Waals surface area contributed by atoms with Crippen molar-refractivity contribution in [3.63, 3.8) is 0 Å². The summed E-state index contributed by atoms with van der Waals surface area (Å²) in [4.78, 5) is 14.7. The number of halogens is 1. The molecule has 4 heteroatoms. The average Bonchev–Trinajstić information content (AvgIpc) is 3.20. The second-order valence-electron chi connectivity index (χ2n) is 6.63. The van der Waals surface area contributed by atoms with Crippen molar-refractivity contribution in [3.8, 4) is 0 Å². The maximum atomic E-state index is 12.7. The Bertz CT molecular complexity index is 504. The number of hydrogen-bond acceptors (Lipinski definition) is 2. The summed E-state index contributed by atoms with van der Waals surface area (Å²) in [6, 6.07) is 8.18. The molecule has 0 aromatic heterocycles. The molecule has 114 valence electrons. The molecule has 1 amide bonds. The molecule has 0 spiro atoms. The monoisotopic (exact) mass is 306 g/mol. The van der Waals surface area contributed by atoms with E-state index in [0.29, 0.717) is 19.0 Å². The molecule has 3 rings (SSSR count). The average molecular weight is 307 g/mol. The number of carbonyl (C=O) groups excluding carboxylic acids is 1. The van der Waals surface area contributed by atoms with Gasteiger partial charge in [0.15, 0.2) is 0 Å². The summed E-state index contributed by atoms with van der Waals surface area (Å²) in [5, 5.41) is 0.731. The highest BCUT2D eigenvalue weighted by atomic mass is 35.5. The summed E-state index contributed by atoms with van der Waals surface area (Å²) in [5.74, 6) is 0.219. The molecule has 0 radical (unpaired) electrons. The van der Waals surface area contributed by atoms with Gasteiger partial charge in [-0.3, -0.25) is 4.79 Å². The fourth-order valence-electron chi connectivity index (χ4n) is 3.25. The van der Waals surface area contributed by atoms with E-state index in [1.165, 1.54) is 0 Å². The van der Waals surface area contributed by atoms with E-state index in [1.807, 2.05) is 29.2 Å². The fraction of sp³-hybridized carbons (Fsp3) is 0.588. The van der Waals surface area contributed by atoms with Crippen LogP contribution in [0.2, 0.25) is 5.02 Å². The van der Waals surface area contributed by atoms with E-state index >= 15 is 0 Å². The van der Waals surface area contributed by atoms with Crippen molar-refractivity contribution in [2.45, 2.75) is 63.1 Å². The van der Waals surface area contributed by atoms with Gasteiger partial charge in [0.25, 0.3) is 0 Å². The molecule has 0 atom stereocenters. The van der Waals surface area contributed by atoms with Gasteiger partial charge in [-0.05, 0) is 43.4 Å².